The van der Waals surface area contributed by atoms with Crippen LogP contribution in [0.4, 0.5) is 4.79 Å². The Hall–Kier alpha value is -1.55. The summed E-state index contributed by atoms with van der Waals surface area (Å²) in [5, 5.41) is 2.89. The molecule has 0 unspecified atom stereocenters. The number of alkyl carbamates (subject to hydrolysis) is 1. The largest absolute Gasteiger partial charge is 0.444 e. The molecule has 1 aromatic carbocycles. The molecule has 1 aromatic rings. The van der Waals surface area contributed by atoms with Crippen molar-refractivity contribution < 1.29 is 9.53 Å². The van der Waals surface area contributed by atoms with Crippen LogP contribution in [0.15, 0.2) is 6.07 Å². The molecule has 0 atom stereocenters. The van der Waals surface area contributed by atoms with Gasteiger partial charge in [0.2, 0.25) is 0 Å². The maximum atomic E-state index is 12.0. The van der Waals surface area contributed by atoms with E-state index in [4.69, 9.17) is 10.5 Å². The van der Waals surface area contributed by atoms with Crippen LogP contribution in [-0.2, 0) is 37.1 Å². The van der Waals surface area contributed by atoms with Crippen molar-refractivity contribution >= 4 is 6.09 Å². The molecule has 0 aliphatic rings. The Morgan fingerprint density at radius 3 is 2.04 bits per heavy atom. The number of nitrogens with two attached hydrogens (primary N) is 1. The molecule has 0 bridgehead atoms. The first-order chi connectivity index (χ1) is 10.8. The van der Waals surface area contributed by atoms with Gasteiger partial charge in [-0.2, -0.15) is 0 Å². The number of carbonyl (C=O) groups excluding carboxylic acids is 1. The lowest BCUT2D eigenvalue weighted by Crippen LogP contribution is -2.32. The van der Waals surface area contributed by atoms with Gasteiger partial charge in [-0.1, -0.05) is 26.8 Å². The maximum Gasteiger partial charge on any atom is 0.407 e. The molecule has 1 rings (SSSR count). The highest BCUT2D eigenvalue weighted by Crippen LogP contribution is 2.25. The number of hydrogen-bond acceptors (Lipinski definition) is 3. The van der Waals surface area contributed by atoms with E-state index in [1.165, 1.54) is 27.8 Å². The van der Waals surface area contributed by atoms with Crippen molar-refractivity contribution in [3.05, 3.63) is 33.9 Å². The average Bonchev–Trinajstić information content (AvgIpc) is 2.49. The fourth-order valence-electron chi connectivity index (χ4n) is 2.96. The monoisotopic (exact) mass is 320 g/mol. The lowest BCUT2D eigenvalue weighted by atomic mass is 9.88. The molecule has 0 saturated carbocycles. The number of carbonyl (C=O) groups is 1. The van der Waals surface area contributed by atoms with Crippen LogP contribution >= 0.6 is 0 Å². The van der Waals surface area contributed by atoms with E-state index in [-0.39, 0.29) is 6.09 Å². The van der Waals surface area contributed by atoms with E-state index in [1.54, 1.807) is 0 Å². The van der Waals surface area contributed by atoms with E-state index in [2.05, 4.69) is 32.2 Å². The number of aryl methyl sites for hydroxylation is 2. The van der Waals surface area contributed by atoms with Crippen LogP contribution in [0.5, 0.6) is 0 Å². The predicted molar refractivity (Wildman–Crippen MR) is 95.5 cm³/mol. The number of nitrogens with one attached hydrogen (secondary N) is 1. The Balaban J connectivity index is 3.11. The Bertz CT molecular complexity index is 545. The van der Waals surface area contributed by atoms with Crippen molar-refractivity contribution in [3.8, 4) is 0 Å². The fourth-order valence-corrected chi connectivity index (χ4v) is 2.96. The van der Waals surface area contributed by atoms with Gasteiger partial charge in [0, 0.05) is 13.1 Å². The molecular formula is C19H32N2O2. The van der Waals surface area contributed by atoms with Crippen LogP contribution in [0.1, 0.15) is 69.4 Å². The first kappa shape index (κ1) is 19.5. The molecule has 0 aliphatic carbocycles. The first-order valence-electron chi connectivity index (χ1n) is 8.59. The number of ether oxygens (including phenoxy) is 1. The quantitative estimate of drug-likeness (QED) is 0.836. The molecule has 0 heterocycles. The van der Waals surface area contributed by atoms with Crippen molar-refractivity contribution in [2.75, 3.05) is 0 Å². The normalized spacial score (nSPS) is 11.4. The Labute approximate surface area is 140 Å². The molecule has 0 aromatic heterocycles. The zero-order chi connectivity index (χ0) is 17.6. The zero-order valence-electron chi connectivity index (χ0n) is 15.5. The molecule has 23 heavy (non-hydrogen) atoms. The van der Waals surface area contributed by atoms with E-state index in [9.17, 15) is 4.79 Å². The van der Waals surface area contributed by atoms with Crippen molar-refractivity contribution in [2.24, 2.45) is 5.73 Å². The predicted octanol–water partition coefficient (Wildman–Crippen LogP) is 3.86. The number of benzene rings is 1. The molecule has 0 saturated heterocycles. The van der Waals surface area contributed by atoms with Crippen LogP contribution in [0, 0.1) is 0 Å². The molecule has 3 N–H and O–H groups in total. The molecule has 0 spiro atoms. The van der Waals surface area contributed by atoms with Crippen LogP contribution in [0.25, 0.3) is 0 Å². The highest BCUT2D eigenvalue weighted by Gasteiger charge is 2.18. The molecule has 4 heteroatoms. The highest BCUT2D eigenvalue weighted by molar-refractivity contribution is 5.68. The fraction of sp³-hybridized carbons (Fsp3) is 0.632. The second-order valence-corrected chi connectivity index (χ2v) is 6.75. The van der Waals surface area contributed by atoms with Crippen molar-refractivity contribution in [1.82, 2.24) is 5.32 Å². The summed E-state index contributed by atoms with van der Waals surface area (Å²) in [4.78, 5) is 12.0. The van der Waals surface area contributed by atoms with Crippen LogP contribution in [0.3, 0.4) is 0 Å². The second-order valence-electron chi connectivity index (χ2n) is 6.75. The minimum atomic E-state index is -0.486. The molecule has 0 aliphatic heterocycles. The lowest BCUT2D eigenvalue weighted by Gasteiger charge is -2.23. The van der Waals surface area contributed by atoms with E-state index in [0.717, 1.165) is 19.3 Å². The van der Waals surface area contributed by atoms with Crippen molar-refractivity contribution in [1.29, 1.82) is 0 Å². The summed E-state index contributed by atoms with van der Waals surface area (Å²) in [6.45, 7) is 13.1. The summed E-state index contributed by atoms with van der Waals surface area (Å²) < 4.78 is 5.33. The summed E-state index contributed by atoms with van der Waals surface area (Å²) in [6, 6.07) is 2.24. The van der Waals surface area contributed by atoms with Gasteiger partial charge in [0.1, 0.15) is 5.60 Å². The summed E-state index contributed by atoms with van der Waals surface area (Å²) in [5.41, 5.74) is 11.8. The van der Waals surface area contributed by atoms with Gasteiger partial charge in [0.05, 0.1) is 0 Å². The number of hydrogen-bond donors (Lipinski definition) is 2. The highest BCUT2D eigenvalue weighted by atomic mass is 16.6. The number of rotatable bonds is 6. The van der Waals surface area contributed by atoms with Gasteiger partial charge in [-0.25, -0.2) is 4.79 Å². The van der Waals surface area contributed by atoms with Gasteiger partial charge < -0.3 is 15.8 Å². The van der Waals surface area contributed by atoms with Gasteiger partial charge in [-0.3, -0.25) is 0 Å². The second kappa shape index (κ2) is 8.34. The van der Waals surface area contributed by atoms with Crippen LogP contribution in [0.2, 0.25) is 0 Å². The van der Waals surface area contributed by atoms with Crippen LogP contribution < -0.4 is 11.1 Å². The lowest BCUT2D eigenvalue weighted by molar-refractivity contribution is 0.0523. The Morgan fingerprint density at radius 1 is 1.04 bits per heavy atom. The summed E-state index contributed by atoms with van der Waals surface area (Å²) >= 11 is 0. The summed E-state index contributed by atoms with van der Waals surface area (Å²) in [7, 11) is 0. The molecular weight excluding hydrogens is 288 g/mol. The smallest absolute Gasteiger partial charge is 0.407 e. The maximum absolute atomic E-state index is 12.0. The summed E-state index contributed by atoms with van der Waals surface area (Å²) in [5.74, 6) is 0. The van der Waals surface area contributed by atoms with Gasteiger partial charge in [0.15, 0.2) is 0 Å². The third kappa shape index (κ3) is 5.24. The number of amides is 1. The third-order valence-electron chi connectivity index (χ3n) is 3.98. The Morgan fingerprint density at radius 2 is 1.61 bits per heavy atom. The van der Waals surface area contributed by atoms with E-state index >= 15 is 0 Å². The van der Waals surface area contributed by atoms with E-state index < -0.39 is 5.60 Å². The minimum Gasteiger partial charge on any atom is -0.444 e. The third-order valence-corrected chi connectivity index (χ3v) is 3.98. The molecule has 4 nitrogen and oxygen atoms in total. The van der Waals surface area contributed by atoms with Crippen LogP contribution in [-0.4, -0.2) is 11.7 Å². The molecule has 130 valence electrons. The molecule has 0 radical (unpaired) electrons. The van der Waals surface area contributed by atoms with E-state index in [1.807, 2.05) is 20.8 Å². The average molecular weight is 320 g/mol. The zero-order valence-corrected chi connectivity index (χ0v) is 15.5. The van der Waals surface area contributed by atoms with Gasteiger partial charge >= 0.3 is 6.09 Å². The molecule has 1 amide bonds. The van der Waals surface area contributed by atoms with Gasteiger partial charge in [-0.15, -0.1) is 0 Å². The van der Waals surface area contributed by atoms with E-state index in [0.29, 0.717) is 13.1 Å². The van der Waals surface area contributed by atoms with Gasteiger partial charge in [0.25, 0.3) is 0 Å². The first-order valence-corrected chi connectivity index (χ1v) is 8.59. The molecule has 0 fully saturated rings. The topological polar surface area (TPSA) is 64.3 Å². The standard InChI is InChI=1S/C19H32N2O2/c1-7-13-10-14(8-2)17(15(9-3)16(13)11-20)12-21-18(22)23-19(4,5)6/h10H,7-9,11-12,20H2,1-6H3,(H,21,22). The van der Waals surface area contributed by atoms with Crippen molar-refractivity contribution in [2.45, 2.75) is 79.5 Å². The van der Waals surface area contributed by atoms with Crippen molar-refractivity contribution in [3.63, 3.8) is 0 Å². The van der Waals surface area contributed by atoms with Gasteiger partial charge in [-0.05, 0) is 67.9 Å². The minimum absolute atomic E-state index is 0.379. The Kier molecular flexibility index (Phi) is 7.07. The SMILES string of the molecule is CCc1cc(CC)c(CNC(=O)OC(C)(C)C)c(CC)c1CN. The summed E-state index contributed by atoms with van der Waals surface area (Å²) in [6.07, 6.45) is 2.46.